The number of thiophene rings is 1. The summed E-state index contributed by atoms with van der Waals surface area (Å²) in [6, 6.07) is 4.17. The second kappa shape index (κ2) is 9.53. The van der Waals surface area contributed by atoms with Crippen LogP contribution in [0.25, 0.3) is 0 Å². The number of aryl methyl sites for hydroxylation is 1. The smallest absolute Gasteiger partial charge is 0.220 e. The van der Waals surface area contributed by atoms with Crippen LogP contribution in [0.5, 0.6) is 0 Å². The summed E-state index contributed by atoms with van der Waals surface area (Å²) in [5.74, 6) is 0.156. The molecule has 0 aliphatic rings. The maximum atomic E-state index is 11.5. The Morgan fingerprint density at radius 1 is 1.33 bits per heavy atom. The molecule has 0 radical (unpaired) electrons. The SMILES string of the molecule is CCCNCCNC(=O)CCCc1ccc(Br)s1. The molecule has 102 valence electrons. The molecule has 0 spiro atoms. The highest BCUT2D eigenvalue weighted by molar-refractivity contribution is 9.11. The molecule has 0 atom stereocenters. The molecule has 0 aromatic carbocycles. The molecule has 0 saturated carbocycles. The van der Waals surface area contributed by atoms with Crippen LogP contribution in [0.15, 0.2) is 15.9 Å². The number of hydrogen-bond donors (Lipinski definition) is 2. The van der Waals surface area contributed by atoms with Gasteiger partial charge in [0.1, 0.15) is 0 Å². The third-order valence-corrected chi connectivity index (χ3v) is 4.19. The Hall–Kier alpha value is -0.390. The van der Waals surface area contributed by atoms with Crippen molar-refractivity contribution in [2.75, 3.05) is 19.6 Å². The highest BCUT2D eigenvalue weighted by Gasteiger charge is 2.02. The van der Waals surface area contributed by atoms with Crippen molar-refractivity contribution in [3.05, 3.63) is 20.8 Å². The summed E-state index contributed by atoms with van der Waals surface area (Å²) in [5, 5.41) is 6.18. The van der Waals surface area contributed by atoms with Crippen molar-refractivity contribution >= 4 is 33.2 Å². The van der Waals surface area contributed by atoms with Gasteiger partial charge in [-0.1, -0.05) is 6.92 Å². The van der Waals surface area contributed by atoms with E-state index in [0.29, 0.717) is 6.42 Å². The van der Waals surface area contributed by atoms with E-state index in [1.807, 2.05) is 0 Å². The summed E-state index contributed by atoms with van der Waals surface area (Å²) in [4.78, 5) is 12.9. The van der Waals surface area contributed by atoms with Gasteiger partial charge in [0.25, 0.3) is 0 Å². The van der Waals surface area contributed by atoms with Crippen LogP contribution in [0, 0.1) is 0 Å². The largest absolute Gasteiger partial charge is 0.355 e. The fourth-order valence-electron chi connectivity index (χ4n) is 1.59. The number of rotatable bonds is 9. The second-order valence-electron chi connectivity index (χ2n) is 4.16. The maximum Gasteiger partial charge on any atom is 0.220 e. The van der Waals surface area contributed by atoms with E-state index in [1.165, 1.54) is 4.88 Å². The Balaban J connectivity index is 2.00. The first kappa shape index (κ1) is 15.7. The van der Waals surface area contributed by atoms with Gasteiger partial charge in [0.15, 0.2) is 0 Å². The second-order valence-corrected chi connectivity index (χ2v) is 6.71. The summed E-state index contributed by atoms with van der Waals surface area (Å²) < 4.78 is 1.16. The van der Waals surface area contributed by atoms with Gasteiger partial charge >= 0.3 is 0 Å². The Morgan fingerprint density at radius 2 is 2.17 bits per heavy atom. The van der Waals surface area contributed by atoms with Gasteiger partial charge in [-0.25, -0.2) is 0 Å². The van der Waals surface area contributed by atoms with Gasteiger partial charge in [-0.3, -0.25) is 4.79 Å². The average Bonchev–Trinajstić information content (AvgIpc) is 2.75. The minimum Gasteiger partial charge on any atom is -0.355 e. The lowest BCUT2D eigenvalue weighted by Crippen LogP contribution is -2.31. The quantitative estimate of drug-likeness (QED) is 0.682. The molecule has 0 unspecified atom stereocenters. The van der Waals surface area contributed by atoms with Crippen molar-refractivity contribution in [2.45, 2.75) is 32.6 Å². The summed E-state index contributed by atoms with van der Waals surface area (Å²) in [5.41, 5.74) is 0. The molecule has 0 bridgehead atoms. The van der Waals surface area contributed by atoms with Crippen LogP contribution in [-0.2, 0) is 11.2 Å². The molecule has 1 rings (SSSR count). The number of hydrogen-bond acceptors (Lipinski definition) is 3. The summed E-state index contributed by atoms with van der Waals surface area (Å²) in [6.45, 7) is 4.73. The van der Waals surface area contributed by atoms with Crippen molar-refractivity contribution in [3.8, 4) is 0 Å². The minimum atomic E-state index is 0.156. The molecule has 0 saturated heterocycles. The molecule has 5 heteroatoms. The summed E-state index contributed by atoms with van der Waals surface area (Å²) in [6.07, 6.45) is 3.65. The molecule has 3 nitrogen and oxygen atoms in total. The molecule has 1 aromatic rings. The highest BCUT2D eigenvalue weighted by atomic mass is 79.9. The summed E-state index contributed by atoms with van der Waals surface area (Å²) >= 11 is 5.18. The predicted molar refractivity (Wildman–Crippen MR) is 81.1 cm³/mol. The maximum absolute atomic E-state index is 11.5. The van der Waals surface area contributed by atoms with Gasteiger partial charge in [0.05, 0.1) is 3.79 Å². The number of amides is 1. The van der Waals surface area contributed by atoms with E-state index in [2.05, 4.69) is 45.6 Å². The van der Waals surface area contributed by atoms with E-state index in [9.17, 15) is 4.79 Å². The van der Waals surface area contributed by atoms with Crippen LogP contribution in [0.3, 0.4) is 0 Å². The monoisotopic (exact) mass is 332 g/mol. The topological polar surface area (TPSA) is 41.1 Å². The molecule has 1 amide bonds. The lowest BCUT2D eigenvalue weighted by atomic mass is 10.2. The van der Waals surface area contributed by atoms with Gasteiger partial charge in [-0.15, -0.1) is 11.3 Å². The zero-order chi connectivity index (χ0) is 13.2. The first-order valence-electron chi connectivity index (χ1n) is 6.44. The van der Waals surface area contributed by atoms with Gasteiger partial charge in [-0.2, -0.15) is 0 Å². The molecule has 1 heterocycles. The van der Waals surface area contributed by atoms with Gasteiger partial charge in [0.2, 0.25) is 5.91 Å². The van der Waals surface area contributed by atoms with Crippen molar-refractivity contribution < 1.29 is 4.79 Å². The fraction of sp³-hybridized carbons (Fsp3) is 0.615. The van der Waals surface area contributed by atoms with Gasteiger partial charge < -0.3 is 10.6 Å². The standard InChI is InChI=1S/C13H21BrN2OS/c1-2-8-15-9-10-16-13(17)5-3-4-11-6-7-12(14)18-11/h6-7,15H,2-5,8-10H2,1H3,(H,16,17). The molecular weight excluding hydrogens is 312 g/mol. The lowest BCUT2D eigenvalue weighted by Gasteiger charge is -2.05. The Kier molecular flexibility index (Phi) is 8.29. The Labute approximate surface area is 121 Å². The molecule has 18 heavy (non-hydrogen) atoms. The highest BCUT2D eigenvalue weighted by Crippen LogP contribution is 2.23. The third kappa shape index (κ3) is 7.13. The zero-order valence-electron chi connectivity index (χ0n) is 10.8. The van der Waals surface area contributed by atoms with Crippen LogP contribution in [-0.4, -0.2) is 25.5 Å². The van der Waals surface area contributed by atoms with E-state index in [4.69, 9.17) is 0 Å². The first-order chi connectivity index (χ1) is 8.72. The number of carbonyl (C=O) groups is 1. The predicted octanol–water partition coefficient (Wildman–Crippen LogP) is 2.95. The summed E-state index contributed by atoms with van der Waals surface area (Å²) in [7, 11) is 0. The first-order valence-corrected chi connectivity index (χ1v) is 8.05. The molecular formula is C13H21BrN2OS. The normalized spacial score (nSPS) is 10.6. The number of carbonyl (C=O) groups excluding carboxylic acids is 1. The van der Waals surface area contributed by atoms with Crippen molar-refractivity contribution in [1.29, 1.82) is 0 Å². The minimum absolute atomic E-state index is 0.156. The van der Waals surface area contributed by atoms with E-state index in [1.54, 1.807) is 11.3 Å². The molecule has 0 aliphatic heterocycles. The molecule has 2 N–H and O–H groups in total. The van der Waals surface area contributed by atoms with Crippen LogP contribution in [0.1, 0.15) is 31.1 Å². The van der Waals surface area contributed by atoms with Crippen molar-refractivity contribution in [2.24, 2.45) is 0 Å². The van der Waals surface area contributed by atoms with Gasteiger partial charge in [0, 0.05) is 24.4 Å². The number of nitrogens with one attached hydrogen (secondary N) is 2. The van der Waals surface area contributed by atoms with E-state index in [-0.39, 0.29) is 5.91 Å². The van der Waals surface area contributed by atoms with Gasteiger partial charge in [-0.05, 0) is 53.9 Å². The van der Waals surface area contributed by atoms with Crippen LogP contribution >= 0.6 is 27.3 Å². The Bertz CT molecular complexity index is 355. The number of halogens is 1. The van der Waals surface area contributed by atoms with E-state index >= 15 is 0 Å². The van der Waals surface area contributed by atoms with Crippen molar-refractivity contribution in [1.82, 2.24) is 10.6 Å². The third-order valence-electron chi connectivity index (χ3n) is 2.51. The fourth-order valence-corrected chi connectivity index (χ4v) is 3.11. The van der Waals surface area contributed by atoms with E-state index in [0.717, 1.165) is 42.7 Å². The van der Waals surface area contributed by atoms with Crippen LogP contribution < -0.4 is 10.6 Å². The van der Waals surface area contributed by atoms with E-state index < -0.39 is 0 Å². The van der Waals surface area contributed by atoms with Crippen LogP contribution in [0.2, 0.25) is 0 Å². The molecule has 0 aliphatic carbocycles. The lowest BCUT2D eigenvalue weighted by molar-refractivity contribution is -0.121. The molecule has 1 aromatic heterocycles. The zero-order valence-corrected chi connectivity index (χ0v) is 13.2. The van der Waals surface area contributed by atoms with Crippen molar-refractivity contribution in [3.63, 3.8) is 0 Å². The Morgan fingerprint density at radius 3 is 2.83 bits per heavy atom. The molecule has 0 fully saturated rings. The van der Waals surface area contributed by atoms with Crippen LogP contribution in [0.4, 0.5) is 0 Å². The average molecular weight is 333 g/mol.